The summed E-state index contributed by atoms with van der Waals surface area (Å²) in [5.74, 6) is -2.24. The van der Waals surface area contributed by atoms with Crippen LogP contribution in [0.3, 0.4) is 0 Å². The number of ether oxygens (including phenoxy) is 1. The topological polar surface area (TPSA) is 66.8 Å². The van der Waals surface area contributed by atoms with Gasteiger partial charge in [0.15, 0.2) is 17.3 Å². The summed E-state index contributed by atoms with van der Waals surface area (Å²) < 4.78 is 18.7. The van der Waals surface area contributed by atoms with Gasteiger partial charge in [0.05, 0.1) is 12.5 Å². The summed E-state index contributed by atoms with van der Waals surface area (Å²) in [4.78, 5) is 11.6. The SMILES string of the molecule is COc1c(F)cc(C2(C(=O)O)CCCC2)c(C)c1O. The molecule has 0 spiro atoms. The van der Waals surface area contributed by atoms with Gasteiger partial charge in [-0.25, -0.2) is 4.39 Å². The van der Waals surface area contributed by atoms with E-state index in [4.69, 9.17) is 4.74 Å². The van der Waals surface area contributed by atoms with Gasteiger partial charge in [0.25, 0.3) is 0 Å². The lowest BCUT2D eigenvalue weighted by Gasteiger charge is -2.27. The fourth-order valence-electron chi connectivity index (χ4n) is 2.98. The average molecular weight is 268 g/mol. The molecule has 1 fully saturated rings. The summed E-state index contributed by atoms with van der Waals surface area (Å²) in [5.41, 5.74) is -0.356. The minimum atomic E-state index is -1.09. The van der Waals surface area contributed by atoms with Crippen LogP contribution in [-0.2, 0) is 10.2 Å². The molecule has 0 radical (unpaired) electrons. The number of aliphatic carboxylic acids is 1. The molecule has 1 aliphatic rings. The van der Waals surface area contributed by atoms with E-state index in [1.165, 1.54) is 13.2 Å². The number of benzene rings is 1. The molecule has 1 aromatic carbocycles. The first-order valence-corrected chi connectivity index (χ1v) is 6.24. The van der Waals surface area contributed by atoms with Crippen molar-refractivity contribution in [2.75, 3.05) is 7.11 Å². The molecular weight excluding hydrogens is 251 g/mol. The average Bonchev–Trinajstić information content (AvgIpc) is 2.85. The van der Waals surface area contributed by atoms with Gasteiger partial charge in [-0.15, -0.1) is 0 Å². The highest BCUT2D eigenvalue weighted by Gasteiger charge is 2.45. The van der Waals surface area contributed by atoms with E-state index < -0.39 is 17.2 Å². The summed E-state index contributed by atoms with van der Waals surface area (Å²) in [7, 11) is 1.26. The van der Waals surface area contributed by atoms with Crippen LogP contribution < -0.4 is 4.74 Å². The monoisotopic (exact) mass is 268 g/mol. The Morgan fingerprint density at radius 1 is 1.42 bits per heavy atom. The van der Waals surface area contributed by atoms with Gasteiger partial charge >= 0.3 is 5.97 Å². The van der Waals surface area contributed by atoms with Gasteiger partial charge in [-0.1, -0.05) is 12.8 Å². The van der Waals surface area contributed by atoms with E-state index in [1.54, 1.807) is 6.92 Å². The molecule has 1 aromatic rings. The lowest BCUT2D eigenvalue weighted by molar-refractivity contribution is -0.143. The number of halogens is 1. The highest BCUT2D eigenvalue weighted by Crippen LogP contribution is 2.46. The normalized spacial score (nSPS) is 17.4. The number of rotatable bonds is 3. The maximum Gasteiger partial charge on any atom is 0.314 e. The molecule has 19 heavy (non-hydrogen) atoms. The number of phenols is 1. The Morgan fingerprint density at radius 2 is 2.00 bits per heavy atom. The first-order chi connectivity index (χ1) is 8.94. The Kier molecular flexibility index (Phi) is 3.39. The molecule has 0 unspecified atom stereocenters. The maximum absolute atomic E-state index is 13.9. The molecule has 0 saturated heterocycles. The third-order valence-electron chi connectivity index (χ3n) is 4.05. The van der Waals surface area contributed by atoms with Crippen molar-refractivity contribution in [2.24, 2.45) is 0 Å². The van der Waals surface area contributed by atoms with Crippen LogP contribution in [0, 0.1) is 12.7 Å². The Bertz CT molecular complexity index is 519. The van der Waals surface area contributed by atoms with Crippen LogP contribution in [0.15, 0.2) is 6.07 Å². The largest absolute Gasteiger partial charge is 0.504 e. The molecule has 2 N–H and O–H groups in total. The lowest BCUT2D eigenvalue weighted by atomic mass is 9.76. The molecule has 1 aliphatic carbocycles. The summed E-state index contributed by atoms with van der Waals surface area (Å²) >= 11 is 0. The molecule has 0 heterocycles. The number of hydrogen-bond acceptors (Lipinski definition) is 3. The van der Waals surface area contributed by atoms with Crippen LogP contribution in [0.2, 0.25) is 0 Å². The predicted octanol–water partition coefficient (Wildman–Crippen LogP) is 2.74. The zero-order chi connectivity index (χ0) is 14.2. The Labute approximate surface area is 110 Å². The minimum absolute atomic E-state index is 0.236. The van der Waals surface area contributed by atoms with Gasteiger partial charge in [-0.2, -0.15) is 0 Å². The number of carbonyl (C=O) groups is 1. The third kappa shape index (κ3) is 1.93. The van der Waals surface area contributed by atoms with Crippen LogP contribution in [0.1, 0.15) is 36.8 Å². The molecule has 0 aromatic heterocycles. The first kappa shape index (κ1) is 13.6. The number of phenolic OH excluding ortho intramolecular Hbond substituents is 1. The molecule has 0 bridgehead atoms. The molecule has 1 saturated carbocycles. The number of aromatic hydroxyl groups is 1. The van der Waals surface area contributed by atoms with E-state index in [1.807, 2.05) is 0 Å². The summed E-state index contributed by atoms with van der Waals surface area (Å²) in [6.07, 6.45) is 2.52. The second kappa shape index (κ2) is 4.72. The van der Waals surface area contributed by atoms with Crippen molar-refractivity contribution in [3.8, 4) is 11.5 Å². The highest BCUT2D eigenvalue weighted by molar-refractivity contribution is 5.83. The quantitative estimate of drug-likeness (QED) is 0.884. The van der Waals surface area contributed by atoms with Gasteiger partial charge in [0.1, 0.15) is 0 Å². The van der Waals surface area contributed by atoms with E-state index in [-0.39, 0.29) is 11.5 Å². The summed E-state index contributed by atoms with van der Waals surface area (Å²) in [5, 5.41) is 19.5. The third-order valence-corrected chi connectivity index (χ3v) is 4.05. The fourth-order valence-corrected chi connectivity index (χ4v) is 2.98. The van der Waals surface area contributed by atoms with Crippen molar-refractivity contribution in [2.45, 2.75) is 38.0 Å². The second-order valence-corrected chi connectivity index (χ2v) is 5.01. The van der Waals surface area contributed by atoms with Crippen molar-refractivity contribution < 1.29 is 24.1 Å². The van der Waals surface area contributed by atoms with Gasteiger partial charge in [-0.3, -0.25) is 4.79 Å². The zero-order valence-electron chi connectivity index (χ0n) is 11.0. The Morgan fingerprint density at radius 3 is 2.47 bits per heavy atom. The molecular formula is C14H17FO4. The molecule has 104 valence electrons. The minimum Gasteiger partial charge on any atom is -0.504 e. The van der Waals surface area contributed by atoms with Crippen LogP contribution in [-0.4, -0.2) is 23.3 Å². The number of carboxylic acid groups (broad SMARTS) is 1. The van der Waals surface area contributed by atoms with E-state index in [0.717, 1.165) is 12.8 Å². The van der Waals surface area contributed by atoms with Gasteiger partial charge in [0, 0.05) is 0 Å². The second-order valence-electron chi connectivity index (χ2n) is 5.01. The number of carboxylic acids is 1. The molecule has 5 heteroatoms. The molecule has 4 nitrogen and oxygen atoms in total. The summed E-state index contributed by atoms with van der Waals surface area (Å²) in [6, 6.07) is 1.19. The maximum atomic E-state index is 13.9. The standard InChI is InChI=1S/C14H17FO4/c1-8-9(7-10(15)12(19-2)11(8)16)14(13(17)18)5-3-4-6-14/h7,16H,3-6H2,1-2H3,(H,17,18). The van der Waals surface area contributed by atoms with Crippen LogP contribution in [0.25, 0.3) is 0 Å². The Hall–Kier alpha value is -1.78. The first-order valence-electron chi connectivity index (χ1n) is 6.24. The van der Waals surface area contributed by atoms with Crippen molar-refractivity contribution in [1.29, 1.82) is 0 Å². The lowest BCUT2D eigenvalue weighted by Crippen LogP contribution is -2.33. The molecule has 0 amide bonds. The highest BCUT2D eigenvalue weighted by atomic mass is 19.1. The Balaban J connectivity index is 2.65. The van der Waals surface area contributed by atoms with E-state index in [2.05, 4.69) is 0 Å². The van der Waals surface area contributed by atoms with Crippen molar-refractivity contribution >= 4 is 5.97 Å². The van der Waals surface area contributed by atoms with Gasteiger partial charge in [0.2, 0.25) is 0 Å². The molecule has 2 rings (SSSR count). The van der Waals surface area contributed by atoms with Crippen molar-refractivity contribution in [3.05, 3.63) is 23.0 Å². The van der Waals surface area contributed by atoms with Crippen LogP contribution in [0.4, 0.5) is 4.39 Å². The van der Waals surface area contributed by atoms with Crippen molar-refractivity contribution in [3.63, 3.8) is 0 Å². The predicted molar refractivity (Wildman–Crippen MR) is 67.1 cm³/mol. The van der Waals surface area contributed by atoms with Crippen LogP contribution >= 0.6 is 0 Å². The van der Waals surface area contributed by atoms with Gasteiger partial charge in [-0.05, 0) is 37.0 Å². The van der Waals surface area contributed by atoms with Crippen molar-refractivity contribution in [1.82, 2.24) is 0 Å². The smallest absolute Gasteiger partial charge is 0.314 e. The number of hydrogen-bond donors (Lipinski definition) is 2. The van der Waals surface area contributed by atoms with E-state index in [9.17, 15) is 19.4 Å². The fraction of sp³-hybridized carbons (Fsp3) is 0.500. The van der Waals surface area contributed by atoms with E-state index >= 15 is 0 Å². The molecule has 0 aliphatic heterocycles. The van der Waals surface area contributed by atoms with E-state index in [0.29, 0.717) is 24.0 Å². The van der Waals surface area contributed by atoms with Crippen LogP contribution in [0.5, 0.6) is 11.5 Å². The zero-order valence-corrected chi connectivity index (χ0v) is 11.0. The van der Waals surface area contributed by atoms with Gasteiger partial charge < -0.3 is 14.9 Å². The summed E-state index contributed by atoms with van der Waals surface area (Å²) in [6.45, 7) is 1.59. The number of methoxy groups -OCH3 is 1. The molecule has 0 atom stereocenters.